The average molecular weight is 290 g/mol. The Morgan fingerprint density at radius 3 is 2.75 bits per heavy atom. The molecule has 0 fully saturated rings. The molecule has 0 radical (unpaired) electrons. The lowest BCUT2D eigenvalue weighted by atomic mass is 9.97. The van der Waals surface area contributed by atoms with Gasteiger partial charge < -0.3 is 10.4 Å². The lowest BCUT2D eigenvalue weighted by Crippen LogP contribution is -2.30. The van der Waals surface area contributed by atoms with E-state index in [0.717, 1.165) is 16.7 Å². The highest BCUT2D eigenvalue weighted by atomic mass is 79.9. The van der Waals surface area contributed by atoms with E-state index in [9.17, 15) is 5.11 Å². The molecule has 1 rings (SSSR count). The van der Waals surface area contributed by atoms with Crippen LogP contribution < -0.4 is 5.32 Å². The first-order valence-corrected chi connectivity index (χ1v) is 6.30. The highest BCUT2D eigenvalue weighted by Gasteiger charge is 2.30. The van der Waals surface area contributed by atoms with Gasteiger partial charge in [0, 0.05) is 6.04 Å². The Morgan fingerprint density at radius 2 is 2.25 bits per heavy atom. The second-order valence-corrected chi connectivity index (χ2v) is 5.36. The van der Waals surface area contributed by atoms with Crippen LogP contribution in [-0.4, -0.2) is 28.5 Å². The topological polar surface area (TPSA) is 50.1 Å². The number of nitrogens with one attached hydrogen (secondary N) is 1. The van der Waals surface area contributed by atoms with E-state index in [2.05, 4.69) is 40.2 Å². The molecule has 0 saturated heterocycles. The minimum atomic E-state index is -0.872. The maximum atomic E-state index is 10.5. The molecule has 0 saturated carbocycles. The predicted octanol–water partition coefficient (Wildman–Crippen LogP) is 2.04. The highest BCUT2D eigenvalue weighted by molar-refractivity contribution is 9.10. The molecular formula is C11H20BrN3O. The standard InChI is InChI=1S/C11H20BrN3O/c1-8(2)15-10(9(12)7-14-15)11(3,16)5-6-13-4/h7-8,13,16H,5-6H2,1-4H3. The summed E-state index contributed by atoms with van der Waals surface area (Å²) in [5.74, 6) is 0. The summed E-state index contributed by atoms with van der Waals surface area (Å²) < 4.78 is 2.72. The number of aliphatic hydroxyl groups is 1. The van der Waals surface area contributed by atoms with Gasteiger partial charge in [-0.25, -0.2) is 0 Å². The van der Waals surface area contributed by atoms with Crippen molar-refractivity contribution in [2.45, 2.75) is 38.8 Å². The highest BCUT2D eigenvalue weighted by Crippen LogP contribution is 2.32. The second kappa shape index (κ2) is 5.29. The van der Waals surface area contributed by atoms with Crippen LogP contribution in [0.1, 0.15) is 38.9 Å². The van der Waals surface area contributed by atoms with Crippen molar-refractivity contribution in [3.05, 3.63) is 16.4 Å². The molecule has 1 heterocycles. The molecular weight excluding hydrogens is 270 g/mol. The lowest BCUT2D eigenvalue weighted by Gasteiger charge is -2.26. The first-order valence-electron chi connectivity index (χ1n) is 5.50. The summed E-state index contributed by atoms with van der Waals surface area (Å²) in [4.78, 5) is 0. The van der Waals surface area contributed by atoms with E-state index >= 15 is 0 Å². The van der Waals surface area contributed by atoms with Crippen molar-refractivity contribution in [1.29, 1.82) is 0 Å². The van der Waals surface area contributed by atoms with Crippen molar-refractivity contribution < 1.29 is 5.11 Å². The molecule has 0 aliphatic carbocycles. The predicted molar refractivity (Wildman–Crippen MR) is 68.4 cm³/mol. The lowest BCUT2D eigenvalue weighted by molar-refractivity contribution is 0.0371. The fraction of sp³-hybridized carbons (Fsp3) is 0.727. The van der Waals surface area contributed by atoms with Gasteiger partial charge in [0.2, 0.25) is 0 Å². The molecule has 5 heteroatoms. The molecule has 4 nitrogen and oxygen atoms in total. The molecule has 92 valence electrons. The van der Waals surface area contributed by atoms with Crippen molar-refractivity contribution in [3.8, 4) is 0 Å². The van der Waals surface area contributed by atoms with Crippen LogP contribution in [0, 0.1) is 0 Å². The molecule has 1 unspecified atom stereocenters. The first kappa shape index (κ1) is 13.7. The smallest absolute Gasteiger partial charge is 0.106 e. The van der Waals surface area contributed by atoms with Crippen LogP contribution in [0.25, 0.3) is 0 Å². The van der Waals surface area contributed by atoms with E-state index < -0.39 is 5.60 Å². The molecule has 1 atom stereocenters. The van der Waals surface area contributed by atoms with Gasteiger partial charge >= 0.3 is 0 Å². The monoisotopic (exact) mass is 289 g/mol. The molecule has 2 N–H and O–H groups in total. The minimum Gasteiger partial charge on any atom is -0.384 e. The van der Waals surface area contributed by atoms with Gasteiger partial charge in [0.05, 0.1) is 16.4 Å². The van der Waals surface area contributed by atoms with Gasteiger partial charge in [-0.1, -0.05) is 0 Å². The zero-order valence-electron chi connectivity index (χ0n) is 10.3. The Kier molecular flexibility index (Phi) is 4.52. The molecule has 1 aromatic rings. The van der Waals surface area contributed by atoms with Crippen LogP contribution in [0.2, 0.25) is 0 Å². The third-order valence-corrected chi connectivity index (χ3v) is 3.19. The van der Waals surface area contributed by atoms with Crippen LogP contribution in [0.15, 0.2) is 10.7 Å². The van der Waals surface area contributed by atoms with Crippen LogP contribution >= 0.6 is 15.9 Å². The van der Waals surface area contributed by atoms with Crippen LogP contribution in [0.3, 0.4) is 0 Å². The molecule has 0 aliphatic heterocycles. The van der Waals surface area contributed by atoms with Gasteiger partial charge in [-0.05, 0) is 56.7 Å². The minimum absolute atomic E-state index is 0.238. The number of nitrogens with zero attached hydrogens (tertiary/aromatic N) is 2. The van der Waals surface area contributed by atoms with E-state index in [1.54, 1.807) is 6.20 Å². The van der Waals surface area contributed by atoms with Gasteiger partial charge in [-0.3, -0.25) is 4.68 Å². The molecule has 0 aliphatic rings. The van der Waals surface area contributed by atoms with E-state index in [1.807, 2.05) is 18.7 Å². The molecule has 1 aromatic heterocycles. The Morgan fingerprint density at radius 1 is 1.62 bits per heavy atom. The Hall–Kier alpha value is -0.390. The van der Waals surface area contributed by atoms with Gasteiger partial charge in [0.1, 0.15) is 5.60 Å². The normalized spacial score (nSPS) is 15.4. The molecule has 0 spiro atoms. The van der Waals surface area contributed by atoms with E-state index in [0.29, 0.717) is 6.42 Å². The third-order valence-electron chi connectivity index (χ3n) is 2.61. The number of hydrogen-bond acceptors (Lipinski definition) is 3. The third kappa shape index (κ3) is 2.84. The maximum Gasteiger partial charge on any atom is 0.106 e. The number of aromatic nitrogens is 2. The van der Waals surface area contributed by atoms with Crippen molar-refractivity contribution in [2.24, 2.45) is 0 Å². The summed E-state index contributed by atoms with van der Waals surface area (Å²) >= 11 is 3.45. The largest absolute Gasteiger partial charge is 0.384 e. The fourth-order valence-corrected chi connectivity index (χ4v) is 2.42. The van der Waals surface area contributed by atoms with Crippen molar-refractivity contribution in [2.75, 3.05) is 13.6 Å². The number of hydrogen-bond donors (Lipinski definition) is 2. The van der Waals surface area contributed by atoms with E-state index in [4.69, 9.17) is 0 Å². The summed E-state index contributed by atoms with van der Waals surface area (Å²) in [5.41, 5.74) is -0.0273. The fourth-order valence-electron chi connectivity index (χ4n) is 1.72. The quantitative estimate of drug-likeness (QED) is 0.872. The molecule has 0 bridgehead atoms. The summed E-state index contributed by atoms with van der Waals surface area (Å²) in [6, 6.07) is 0.238. The molecule has 0 aromatic carbocycles. The summed E-state index contributed by atoms with van der Waals surface area (Å²) in [7, 11) is 1.88. The number of halogens is 1. The van der Waals surface area contributed by atoms with Gasteiger partial charge in [-0.2, -0.15) is 5.10 Å². The number of rotatable bonds is 5. The Bertz CT molecular complexity index is 347. The van der Waals surface area contributed by atoms with Crippen LogP contribution in [0.5, 0.6) is 0 Å². The van der Waals surface area contributed by atoms with Gasteiger partial charge in [0.25, 0.3) is 0 Å². The van der Waals surface area contributed by atoms with Crippen LogP contribution in [-0.2, 0) is 5.60 Å². The maximum absolute atomic E-state index is 10.5. The Balaban J connectivity index is 3.05. The Labute approximate surface area is 105 Å². The van der Waals surface area contributed by atoms with Crippen LogP contribution in [0.4, 0.5) is 0 Å². The SMILES string of the molecule is CNCCC(C)(O)c1c(Br)cnn1C(C)C. The second-order valence-electron chi connectivity index (χ2n) is 4.51. The van der Waals surface area contributed by atoms with Gasteiger partial charge in [0.15, 0.2) is 0 Å². The summed E-state index contributed by atoms with van der Waals surface area (Å²) in [5, 5.41) is 17.8. The summed E-state index contributed by atoms with van der Waals surface area (Å²) in [6.45, 7) is 6.70. The first-order chi connectivity index (χ1) is 7.40. The zero-order valence-corrected chi connectivity index (χ0v) is 11.9. The van der Waals surface area contributed by atoms with E-state index in [-0.39, 0.29) is 6.04 Å². The van der Waals surface area contributed by atoms with Gasteiger partial charge in [-0.15, -0.1) is 0 Å². The van der Waals surface area contributed by atoms with E-state index in [1.165, 1.54) is 0 Å². The molecule has 16 heavy (non-hydrogen) atoms. The zero-order chi connectivity index (χ0) is 12.3. The summed E-state index contributed by atoms with van der Waals surface area (Å²) in [6.07, 6.45) is 2.39. The average Bonchev–Trinajstić information content (AvgIpc) is 2.58. The molecule has 0 amide bonds. The van der Waals surface area contributed by atoms with Crippen molar-refractivity contribution >= 4 is 15.9 Å². The van der Waals surface area contributed by atoms with Crippen molar-refractivity contribution in [3.63, 3.8) is 0 Å². The van der Waals surface area contributed by atoms with Crippen molar-refractivity contribution in [1.82, 2.24) is 15.1 Å².